The number of rotatable bonds is 3. The lowest BCUT2D eigenvalue weighted by Crippen LogP contribution is -2.11. The van der Waals surface area contributed by atoms with Gasteiger partial charge in [-0.25, -0.2) is 4.39 Å². The summed E-state index contributed by atoms with van der Waals surface area (Å²) in [7, 11) is 1.93. The van der Waals surface area contributed by atoms with Crippen LogP contribution < -0.4 is 5.32 Å². The van der Waals surface area contributed by atoms with Crippen LogP contribution in [0.4, 0.5) is 4.39 Å². The van der Waals surface area contributed by atoms with Gasteiger partial charge in [-0.1, -0.05) is 35.9 Å². The van der Waals surface area contributed by atoms with Gasteiger partial charge in [-0.05, 0) is 44.2 Å². The van der Waals surface area contributed by atoms with Gasteiger partial charge >= 0.3 is 0 Å². The lowest BCUT2D eigenvalue weighted by atomic mass is 10.00. The molecule has 0 bridgehead atoms. The average Bonchev–Trinajstić information content (AvgIpc) is 2.41. The molecule has 0 spiro atoms. The molecule has 94 valence electrons. The number of benzene rings is 2. The van der Waals surface area contributed by atoms with E-state index < -0.39 is 0 Å². The van der Waals surface area contributed by atoms with Crippen molar-refractivity contribution in [2.24, 2.45) is 0 Å². The smallest absolute Gasteiger partial charge is 0.131 e. The SMILES string of the molecule is CNC(C)c1ccc(-c2cc(C)ccc2F)cc1. The van der Waals surface area contributed by atoms with Crippen LogP contribution in [0.1, 0.15) is 24.1 Å². The highest BCUT2D eigenvalue weighted by Gasteiger charge is 2.07. The predicted octanol–water partition coefficient (Wildman–Crippen LogP) is 4.08. The molecule has 0 aliphatic carbocycles. The molecule has 0 aliphatic heterocycles. The Morgan fingerprint density at radius 2 is 1.72 bits per heavy atom. The molecular formula is C16H18FN. The van der Waals surface area contributed by atoms with Gasteiger partial charge in [-0.3, -0.25) is 0 Å². The molecule has 0 amide bonds. The molecule has 1 atom stereocenters. The summed E-state index contributed by atoms with van der Waals surface area (Å²) in [5.41, 5.74) is 3.86. The Morgan fingerprint density at radius 1 is 1.06 bits per heavy atom. The molecule has 0 aromatic heterocycles. The first kappa shape index (κ1) is 12.8. The predicted molar refractivity (Wildman–Crippen MR) is 74.0 cm³/mol. The second-order valence-electron chi connectivity index (χ2n) is 4.62. The van der Waals surface area contributed by atoms with Crippen LogP contribution in [-0.2, 0) is 0 Å². The summed E-state index contributed by atoms with van der Waals surface area (Å²) < 4.78 is 13.8. The van der Waals surface area contributed by atoms with Gasteiger partial charge in [0.15, 0.2) is 0 Å². The molecule has 2 aromatic rings. The zero-order chi connectivity index (χ0) is 13.1. The van der Waals surface area contributed by atoms with Crippen molar-refractivity contribution in [3.63, 3.8) is 0 Å². The fraction of sp³-hybridized carbons (Fsp3) is 0.250. The zero-order valence-electron chi connectivity index (χ0n) is 11.0. The minimum absolute atomic E-state index is 0.171. The molecule has 0 saturated carbocycles. The summed E-state index contributed by atoms with van der Waals surface area (Å²) >= 11 is 0. The minimum atomic E-state index is -0.171. The van der Waals surface area contributed by atoms with Crippen LogP contribution in [0.3, 0.4) is 0 Å². The van der Waals surface area contributed by atoms with Crippen LogP contribution in [0.5, 0.6) is 0 Å². The molecule has 2 aromatic carbocycles. The van der Waals surface area contributed by atoms with E-state index in [0.29, 0.717) is 11.6 Å². The highest BCUT2D eigenvalue weighted by atomic mass is 19.1. The number of nitrogens with one attached hydrogen (secondary N) is 1. The van der Waals surface area contributed by atoms with Gasteiger partial charge in [0.05, 0.1) is 0 Å². The van der Waals surface area contributed by atoms with E-state index in [9.17, 15) is 4.39 Å². The minimum Gasteiger partial charge on any atom is -0.313 e. The monoisotopic (exact) mass is 243 g/mol. The highest BCUT2D eigenvalue weighted by molar-refractivity contribution is 5.65. The first-order valence-corrected chi connectivity index (χ1v) is 6.15. The Kier molecular flexibility index (Phi) is 3.78. The topological polar surface area (TPSA) is 12.0 Å². The van der Waals surface area contributed by atoms with Gasteiger partial charge < -0.3 is 5.32 Å². The second-order valence-corrected chi connectivity index (χ2v) is 4.62. The van der Waals surface area contributed by atoms with E-state index in [2.05, 4.69) is 12.2 Å². The van der Waals surface area contributed by atoms with Gasteiger partial charge in [-0.2, -0.15) is 0 Å². The third-order valence-electron chi connectivity index (χ3n) is 3.28. The zero-order valence-corrected chi connectivity index (χ0v) is 11.0. The Bertz CT molecular complexity index is 531. The number of aryl methyl sites for hydroxylation is 1. The van der Waals surface area contributed by atoms with Gasteiger partial charge in [0, 0.05) is 11.6 Å². The first-order chi connectivity index (χ1) is 8.61. The molecule has 0 saturated heterocycles. The fourth-order valence-electron chi connectivity index (χ4n) is 1.98. The van der Waals surface area contributed by atoms with Crippen molar-refractivity contribution >= 4 is 0 Å². The summed E-state index contributed by atoms with van der Waals surface area (Å²) in [6.45, 7) is 4.07. The summed E-state index contributed by atoms with van der Waals surface area (Å²) in [6, 6.07) is 13.5. The van der Waals surface area contributed by atoms with Crippen LogP contribution in [0.2, 0.25) is 0 Å². The van der Waals surface area contributed by atoms with Crippen molar-refractivity contribution in [3.8, 4) is 11.1 Å². The molecule has 0 heterocycles. The lowest BCUT2D eigenvalue weighted by molar-refractivity contribution is 0.631. The molecule has 0 fully saturated rings. The maximum atomic E-state index is 13.8. The van der Waals surface area contributed by atoms with Crippen molar-refractivity contribution < 1.29 is 4.39 Å². The molecule has 1 N–H and O–H groups in total. The van der Waals surface area contributed by atoms with Crippen molar-refractivity contribution in [1.29, 1.82) is 0 Å². The molecule has 0 aliphatic rings. The van der Waals surface area contributed by atoms with E-state index in [1.54, 1.807) is 6.07 Å². The largest absolute Gasteiger partial charge is 0.313 e. The molecule has 1 nitrogen and oxygen atoms in total. The molecule has 0 radical (unpaired) electrons. The molecule has 2 heteroatoms. The van der Waals surface area contributed by atoms with Crippen LogP contribution in [0.25, 0.3) is 11.1 Å². The van der Waals surface area contributed by atoms with Crippen molar-refractivity contribution in [1.82, 2.24) is 5.32 Å². The Labute approximate surface area is 108 Å². The Morgan fingerprint density at radius 3 is 2.33 bits per heavy atom. The van der Waals surface area contributed by atoms with Crippen molar-refractivity contribution in [2.75, 3.05) is 7.05 Å². The summed E-state index contributed by atoms with van der Waals surface area (Å²) in [5.74, 6) is -0.171. The summed E-state index contributed by atoms with van der Waals surface area (Å²) in [4.78, 5) is 0. The van der Waals surface area contributed by atoms with Crippen LogP contribution in [0, 0.1) is 12.7 Å². The number of hydrogen-bond acceptors (Lipinski definition) is 1. The lowest BCUT2D eigenvalue weighted by Gasteiger charge is -2.11. The Balaban J connectivity index is 2.37. The molecular weight excluding hydrogens is 225 g/mol. The summed E-state index contributed by atoms with van der Waals surface area (Å²) in [6.07, 6.45) is 0. The van der Waals surface area contributed by atoms with E-state index in [1.165, 1.54) is 11.6 Å². The van der Waals surface area contributed by atoms with Crippen LogP contribution >= 0.6 is 0 Å². The van der Waals surface area contributed by atoms with Gasteiger partial charge in [0.1, 0.15) is 5.82 Å². The quantitative estimate of drug-likeness (QED) is 0.856. The molecule has 1 unspecified atom stereocenters. The number of halogens is 1. The van der Waals surface area contributed by atoms with Crippen molar-refractivity contribution in [3.05, 3.63) is 59.4 Å². The maximum absolute atomic E-state index is 13.8. The van der Waals surface area contributed by atoms with E-state index in [4.69, 9.17) is 0 Å². The second kappa shape index (κ2) is 5.32. The fourth-order valence-corrected chi connectivity index (χ4v) is 1.98. The third kappa shape index (κ3) is 2.59. The molecule has 2 rings (SSSR count). The van der Waals surface area contributed by atoms with Crippen LogP contribution in [-0.4, -0.2) is 7.05 Å². The Hall–Kier alpha value is -1.67. The third-order valence-corrected chi connectivity index (χ3v) is 3.28. The highest BCUT2D eigenvalue weighted by Crippen LogP contribution is 2.25. The van der Waals surface area contributed by atoms with E-state index in [0.717, 1.165) is 11.1 Å². The van der Waals surface area contributed by atoms with Gasteiger partial charge in [-0.15, -0.1) is 0 Å². The van der Waals surface area contributed by atoms with E-state index in [1.807, 2.05) is 44.3 Å². The van der Waals surface area contributed by atoms with E-state index >= 15 is 0 Å². The van der Waals surface area contributed by atoms with E-state index in [-0.39, 0.29) is 5.82 Å². The van der Waals surface area contributed by atoms with Crippen LogP contribution in [0.15, 0.2) is 42.5 Å². The van der Waals surface area contributed by atoms with Gasteiger partial charge in [0.2, 0.25) is 0 Å². The standard InChI is InChI=1S/C16H18FN/c1-11-4-9-16(17)15(10-11)14-7-5-13(6-8-14)12(2)18-3/h4-10,12,18H,1-3H3. The maximum Gasteiger partial charge on any atom is 0.131 e. The number of hydrogen-bond donors (Lipinski definition) is 1. The summed E-state index contributed by atoms with van der Waals surface area (Å²) in [5, 5.41) is 3.19. The average molecular weight is 243 g/mol. The molecule has 18 heavy (non-hydrogen) atoms. The van der Waals surface area contributed by atoms with Gasteiger partial charge in [0.25, 0.3) is 0 Å². The first-order valence-electron chi connectivity index (χ1n) is 6.15. The van der Waals surface area contributed by atoms with Crippen molar-refractivity contribution in [2.45, 2.75) is 19.9 Å². The normalized spacial score (nSPS) is 12.4.